The summed E-state index contributed by atoms with van der Waals surface area (Å²) in [4.78, 5) is 12.2. The van der Waals surface area contributed by atoms with Crippen LogP contribution in [-0.2, 0) is 4.74 Å². The van der Waals surface area contributed by atoms with Gasteiger partial charge in [-0.15, -0.1) is 11.3 Å². The van der Waals surface area contributed by atoms with Gasteiger partial charge in [-0.25, -0.2) is 4.79 Å². The summed E-state index contributed by atoms with van der Waals surface area (Å²) < 4.78 is 80.6. The number of carbonyl (C=O) groups excluding carboxylic acids is 1. The van der Waals surface area contributed by atoms with E-state index in [1.54, 1.807) is 0 Å². The lowest BCUT2D eigenvalue weighted by Crippen LogP contribution is -2.41. The maximum absolute atomic E-state index is 12.6. The molecule has 5 heteroatoms. The molecule has 1 amide bonds. The first-order valence-corrected chi connectivity index (χ1v) is 7.15. The number of carbonyl (C=O) groups is 1. The Balaban J connectivity index is 2.78. The molecule has 1 aromatic rings. The minimum Gasteiger partial charge on any atom is -0.444 e. The Bertz CT molecular complexity index is 762. The number of rotatable bonds is 1. The molecule has 1 fully saturated rings. The van der Waals surface area contributed by atoms with Crippen LogP contribution < -0.4 is 0 Å². The van der Waals surface area contributed by atoms with Gasteiger partial charge < -0.3 is 9.64 Å². The number of ether oxygens (including phenoxy) is 1. The van der Waals surface area contributed by atoms with Crippen LogP contribution in [0, 0.1) is 0 Å². The summed E-state index contributed by atoms with van der Waals surface area (Å²) in [5.41, 5.74) is -1.16. The van der Waals surface area contributed by atoms with Gasteiger partial charge in [0.2, 0.25) is 0 Å². The fourth-order valence-electron chi connectivity index (χ4n) is 1.25. The molecule has 2 rings (SSSR count). The Morgan fingerprint density at radius 3 is 2.63 bits per heavy atom. The third-order valence-corrected chi connectivity index (χ3v) is 3.62. The van der Waals surface area contributed by atoms with E-state index >= 15 is 0 Å². The Labute approximate surface area is 139 Å². The number of nitrogens with zero attached hydrogens (tertiary/aromatic N) is 1. The first-order chi connectivity index (χ1) is 12.2. The molecule has 1 aliphatic rings. The summed E-state index contributed by atoms with van der Waals surface area (Å²) in [7, 11) is 0. The standard InChI is InChI=1S/C14H20BrNO2S/c1-14(2,3)18-13(17)16-8-6-10(7-9-16)11-4-5-12(15)19-11/h4-5,10H,6-9H2,1-3H3/i6D2,7D2,8D2,9D2,10D. The normalized spacial score (nSPS) is 36.8. The lowest BCUT2D eigenvalue weighted by atomic mass is 9.95. The Kier molecular flexibility index (Phi) is 2.13. The number of hydrogen-bond acceptors (Lipinski definition) is 3. The van der Waals surface area contributed by atoms with E-state index < -0.39 is 43.3 Å². The summed E-state index contributed by atoms with van der Waals surface area (Å²) in [5.74, 6) is -3.00. The molecule has 0 aromatic carbocycles. The van der Waals surface area contributed by atoms with Crippen LogP contribution >= 0.6 is 27.3 Å². The smallest absolute Gasteiger partial charge is 0.410 e. The molecule has 0 saturated carbocycles. The zero-order chi connectivity index (χ0) is 22.1. The number of halogens is 1. The van der Waals surface area contributed by atoms with Crippen LogP contribution in [0.25, 0.3) is 0 Å². The van der Waals surface area contributed by atoms with E-state index in [2.05, 4.69) is 15.9 Å². The molecule has 0 bridgehead atoms. The zero-order valence-corrected chi connectivity index (χ0v) is 13.1. The van der Waals surface area contributed by atoms with Crippen LogP contribution in [0.3, 0.4) is 0 Å². The van der Waals surface area contributed by atoms with Crippen LogP contribution in [0.4, 0.5) is 4.79 Å². The van der Waals surface area contributed by atoms with E-state index in [0.29, 0.717) is 3.79 Å². The number of piperidine rings is 1. The fourth-order valence-corrected chi connectivity index (χ4v) is 2.60. The van der Waals surface area contributed by atoms with Crippen molar-refractivity contribution in [3.05, 3.63) is 20.8 Å². The van der Waals surface area contributed by atoms with Crippen molar-refractivity contribution >= 4 is 33.4 Å². The van der Waals surface area contributed by atoms with Crippen molar-refractivity contribution < 1.29 is 21.9 Å². The Morgan fingerprint density at radius 1 is 1.53 bits per heavy atom. The molecule has 0 radical (unpaired) electrons. The second kappa shape index (κ2) is 5.83. The summed E-state index contributed by atoms with van der Waals surface area (Å²) in [6.07, 6.45) is -8.23. The minimum atomic E-state index is -3.40. The molecular formula is C14H20BrNO2S. The summed E-state index contributed by atoms with van der Waals surface area (Å²) >= 11 is 3.94. The lowest BCUT2D eigenvalue weighted by Gasteiger charge is -2.33. The van der Waals surface area contributed by atoms with Crippen LogP contribution in [-0.4, -0.2) is 29.6 Å². The van der Waals surface area contributed by atoms with Gasteiger partial charge in [0.05, 0.1) is 3.79 Å². The monoisotopic (exact) mass is 354 g/mol. The molecule has 0 N–H and O–H groups in total. The number of thiophene rings is 1. The zero-order valence-electron chi connectivity index (χ0n) is 19.7. The van der Waals surface area contributed by atoms with Gasteiger partial charge in [0.25, 0.3) is 0 Å². The Hall–Kier alpha value is -0.550. The molecule has 0 spiro atoms. The van der Waals surface area contributed by atoms with Gasteiger partial charge in [0.1, 0.15) is 5.60 Å². The average molecular weight is 355 g/mol. The molecule has 0 aliphatic carbocycles. The van der Waals surface area contributed by atoms with Crippen molar-refractivity contribution in [3.8, 4) is 0 Å². The van der Waals surface area contributed by atoms with E-state index in [1.807, 2.05) is 0 Å². The molecule has 19 heavy (non-hydrogen) atoms. The number of hydrogen-bond donors (Lipinski definition) is 0. The minimum absolute atomic E-state index is 0.194. The van der Waals surface area contributed by atoms with Crippen molar-refractivity contribution in [2.45, 2.75) is 45.0 Å². The highest BCUT2D eigenvalue weighted by molar-refractivity contribution is 9.11. The van der Waals surface area contributed by atoms with Crippen molar-refractivity contribution in [3.63, 3.8) is 0 Å². The highest BCUT2D eigenvalue weighted by atomic mass is 79.9. The first kappa shape index (κ1) is 6.94. The van der Waals surface area contributed by atoms with Gasteiger partial charge >= 0.3 is 6.09 Å². The molecule has 0 atom stereocenters. The van der Waals surface area contributed by atoms with E-state index in [-0.39, 0.29) is 9.78 Å². The molecular weight excluding hydrogens is 326 g/mol. The van der Waals surface area contributed by atoms with Crippen molar-refractivity contribution in [1.82, 2.24) is 4.90 Å². The van der Waals surface area contributed by atoms with Crippen molar-refractivity contribution in [2.24, 2.45) is 0 Å². The molecule has 1 saturated heterocycles. The maximum atomic E-state index is 12.6. The van der Waals surface area contributed by atoms with E-state index in [9.17, 15) is 4.79 Å². The summed E-state index contributed by atoms with van der Waals surface area (Å²) in [6.45, 7) is -2.42. The van der Waals surface area contributed by atoms with Crippen molar-refractivity contribution in [1.29, 1.82) is 0 Å². The topological polar surface area (TPSA) is 29.5 Å². The van der Waals surface area contributed by atoms with Crippen LogP contribution in [0.2, 0.25) is 0 Å². The quantitative estimate of drug-likeness (QED) is 0.735. The van der Waals surface area contributed by atoms with E-state index in [1.165, 1.54) is 32.9 Å². The van der Waals surface area contributed by atoms with E-state index in [0.717, 1.165) is 11.3 Å². The summed E-state index contributed by atoms with van der Waals surface area (Å²) in [6, 6.07) is 2.68. The van der Waals surface area contributed by atoms with Gasteiger partial charge in [-0.1, -0.05) is 0 Å². The van der Waals surface area contributed by atoms with Gasteiger partial charge in [-0.3, -0.25) is 0 Å². The molecule has 2 heterocycles. The van der Waals surface area contributed by atoms with Gasteiger partial charge in [-0.2, -0.15) is 0 Å². The third-order valence-electron chi connectivity index (χ3n) is 1.98. The molecule has 106 valence electrons. The molecule has 1 aromatic heterocycles. The molecule has 0 unspecified atom stereocenters. The van der Waals surface area contributed by atoms with Gasteiger partial charge in [0.15, 0.2) is 0 Å². The van der Waals surface area contributed by atoms with E-state index in [4.69, 9.17) is 17.1 Å². The van der Waals surface area contributed by atoms with Crippen LogP contribution in [0.1, 0.15) is 56.6 Å². The highest BCUT2D eigenvalue weighted by Gasteiger charge is 2.27. The van der Waals surface area contributed by atoms with Crippen LogP contribution in [0.15, 0.2) is 15.9 Å². The number of amides is 1. The highest BCUT2D eigenvalue weighted by Crippen LogP contribution is 2.35. The van der Waals surface area contributed by atoms with Crippen molar-refractivity contribution in [2.75, 3.05) is 13.0 Å². The third kappa shape index (κ3) is 4.21. The second-order valence-corrected chi connectivity index (χ2v) is 7.23. The molecule has 3 nitrogen and oxygen atoms in total. The summed E-state index contributed by atoms with van der Waals surface area (Å²) in [5, 5.41) is 0. The second-order valence-electron chi connectivity index (χ2n) is 4.77. The van der Waals surface area contributed by atoms with Gasteiger partial charge in [-0.05, 0) is 67.5 Å². The largest absolute Gasteiger partial charge is 0.444 e. The Morgan fingerprint density at radius 2 is 2.16 bits per heavy atom. The SMILES string of the molecule is [2H]C1([2H])N(C(=O)OC(C)(C)C)C([2H])([2H])C([2H])([2H])C([2H])(c2ccc(Br)s2)C1([2H])[2H]. The predicted octanol–water partition coefficient (Wildman–Crippen LogP) is 4.63. The first-order valence-electron chi connectivity index (χ1n) is 10.0. The average Bonchev–Trinajstić information content (AvgIpc) is 2.88. The predicted molar refractivity (Wildman–Crippen MR) is 81.8 cm³/mol. The lowest BCUT2D eigenvalue weighted by molar-refractivity contribution is 0.0205. The molecule has 1 aliphatic heterocycles. The number of likely N-dealkylation sites (tertiary alicyclic amines) is 1. The maximum Gasteiger partial charge on any atom is 0.410 e. The fraction of sp³-hybridized carbons (Fsp3) is 0.643. The van der Waals surface area contributed by atoms with Gasteiger partial charge in [0, 0.05) is 30.2 Å². The van der Waals surface area contributed by atoms with Crippen LogP contribution in [0.5, 0.6) is 0 Å².